The van der Waals surface area contributed by atoms with Crippen LogP contribution in [0.5, 0.6) is 5.75 Å². The fraction of sp³-hybridized carbons (Fsp3) is 0.647. The SMILES string of the molecule is CC(C)CNCc1c(Cl)cccc1OCCOC(C)(C)C. The van der Waals surface area contributed by atoms with E-state index in [-0.39, 0.29) is 5.60 Å². The summed E-state index contributed by atoms with van der Waals surface area (Å²) in [7, 11) is 0. The van der Waals surface area contributed by atoms with E-state index >= 15 is 0 Å². The van der Waals surface area contributed by atoms with Crippen LogP contribution in [0.25, 0.3) is 0 Å². The molecule has 1 rings (SSSR count). The van der Waals surface area contributed by atoms with Crippen molar-refractivity contribution < 1.29 is 9.47 Å². The van der Waals surface area contributed by atoms with Crippen molar-refractivity contribution in [1.82, 2.24) is 5.32 Å². The minimum atomic E-state index is -0.140. The highest BCUT2D eigenvalue weighted by Gasteiger charge is 2.11. The third kappa shape index (κ3) is 7.70. The average molecular weight is 314 g/mol. The lowest BCUT2D eigenvalue weighted by molar-refractivity contribution is -0.0164. The van der Waals surface area contributed by atoms with Gasteiger partial charge < -0.3 is 14.8 Å². The van der Waals surface area contributed by atoms with Crippen LogP contribution in [0.4, 0.5) is 0 Å². The van der Waals surface area contributed by atoms with Crippen LogP contribution in [0.2, 0.25) is 5.02 Å². The van der Waals surface area contributed by atoms with Gasteiger partial charge in [-0.15, -0.1) is 0 Å². The second-order valence-corrected chi connectivity index (χ2v) is 6.96. The maximum Gasteiger partial charge on any atom is 0.125 e. The van der Waals surface area contributed by atoms with Gasteiger partial charge in [0.25, 0.3) is 0 Å². The van der Waals surface area contributed by atoms with E-state index in [1.165, 1.54) is 0 Å². The van der Waals surface area contributed by atoms with Crippen molar-refractivity contribution in [3.8, 4) is 5.75 Å². The topological polar surface area (TPSA) is 30.5 Å². The second-order valence-electron chi connectivity index (χ2n) is 6.55. The number of benzene rings is 1. The Balaban J connectivity index is 2.54. The van der Waals surface area contributed by atoms with Gasteiger partial charge in [0.2, 0.25) is 0 Å². The summed E-state index contributed by atoms with van der Waals surface area (Å²) in [5.41, 5.74) is 0.870. The summed E-state index contributed by atoms with van der Waals surface area (Å²) in [5, 5.41) is 4.14. The van der Waals surface area contributed by atoms with Gasteiger partial charge in [-0.05, 0) is 45.4 Å². The molecule has 21 heavy (non-hydrogen) atoms. The number of nitrogens with one attached hydrogen (secondary N) is 1. The molecule has 4 heteroatoms. The van der Waals surface area contributed by atoms with E-state index < -0.39 is 0 Å². The van der Waals surface area contributed by atoms with Crippen molar-refractivity contribution in [2.75, 3.05) is 19.8 Å². The first kappa shape index (κ1) is 18.3. The van der Waals surface area contributed by atoms with Crippen LogP contribution in [-0.2, 0) is 11.3 Å². The smallest absolute Gasteiger partial charge is 0.125 e. The molecule has 0 atom stereocenters. The second kappa shape index (κ2) is 8.62. The maximum atomic E-state index is 6.28. The fourth-order valence-corrected chi connectivity index (χ4v) is 2.06. The van der Waals surface area contributed by atoms with Crippen LogP contribution in [0.3, 0.4) is 0 Å². The highest BCUT2D eigenvalue weighted by Crippen LogP contribution is 2.26. The molecule has 0 aliphatic carbocycles. The lowest BCUT2D eigenvalue weighted by atomic mass is 10.1. The van der Waals surface area contributed by atoms with Crippen LogP contribution in [0, 0.1) is 5.92 Å². The predicted octanol–water partition coefficient (Wildman–Crippen LogP) is 4.28. The number of halogens is 1. The van der Waals surface area contributed by atoms with E-state index in [0.717, 1.165) is 22.9 Å². The zero-order chi connectivity index (χ0) is 15.9. The van der Waals surface area contributed by atoms with Gasteiger partial charge in [0, 0.05) is 17.1 Å². The largest absolute Gasteiger partial charge is 0.491 e. The number of ether oxygens (including phenoxy) is 2. The van der Waals surface area contributed by atoms with Crippen molar-refractivity contribution in [2.24, 2.45) is 5.92 Å². The van der Waals surface area contributed by atoms with Gasteiger partial charge in [-0.2, -0.15) is 0 Å². The van der Waals surface area contributed by atoms with Gasteiger partial charge in [-0.3, -0.25) is 0 Å². The summed E-state index contributed by atoms with van der Waals surface area (Å²) in [6.07, 6.45) is 0. The Kier molecular flexibility index (Phi) is 7.50. The molecule has 1 aromatic rings. The van der Waals surface area contributed by atoms with Crippen molar-refractivity contribution in [3.63, 3.8) is 0 Å². The molecule has 1 aromatic carbocycles. The van der Waals surface area contributed by atoms with Crippen LogP contribution < -0.4 is 10.1 Å². The molecule has 0 aliphatic heterocycles. The highest BCUT2D eigenvalue weighted by atomic mass is 35.5. The van der Waals surface area contributed by atoms with Gasteiger partial charge in [0.1, 0.15) is 12.4 Å². The average Bonchev–Trinajstić information content (AvgIpc) is 2.36. The van der Waals surface area contributed by atoms with Crippen molar-refractivity contribution in [3.05, 3.63) is 28.8 Å². The quantitative estimate of drug-likeness (QED) is 0.727. The molecule has 120 valence electrons. The Morgan fingerprint density at radius 2 is 1.90 bits per heavy atom. The van der Waals surface area contributed by atoms with Gasteiger partial charge >= 0.3 is 0 Å². The molecule has 0 amide bonds. The first-order valence-electron chi connectivity index (χ1n) is 7.54. The van der Waals surface area contributed by atoms with Crippen molar-refractivity contribution >= 4 is 11.6 Å². The third-order valence-corrected chi connectivity index (χ3v) is 3.16. The van der Waals surface area contributed by atoms with Gasteiger partial charge in [0.05, 0.1) is 12.2 Å². The first-order valence-corrected chi connectivity index (χ1v) is 7.92. The van der Waals surface area contributed by atoms with Crippen LogP contribution >= 0.6 is 11.6 Å². The van der Waals surface area contributed by atoms with Crippen LogP contribution in [0.15, 0.2) is 18.2 Å². The predicted molar refractivity (Wildman–Crippen MR) is 89.2 cm³/mol. The van der Waals surface area contributed by atoms with Gasteiger partial charge in [-0.25, -0.2) is 0 Å². The molecule has 0 saturated heterocycles. The zero-order valence-electron chi connectivity index (χ0n) is 13.8. The molecule has 0 unspecified atom stereocenters. The Hall–Kier alpha value is -0.770. The molecule has 0 bridgehead atoms. The van der Waals surface area contributed by atoms with Crippen molar-refractivity contribution in [1.29, 1.82) is 0 Å². The van der Waals surface area contributed by atoms with Gasteiger partial charge in [0.15, 0.2) is 0 Å². The number of rotatable bonds is 8. The summed E-state index contributed by atoms with van der Waals surface area (Å²) in [4.78, 5) is 0. The molecule has 0 radical (unpaired) electrons. The first-order chi connectivity index (χ1) is 9.79. The molecule has 3 nitrogen and oxygen atoms in total. The highest BCUT2D eigenvalue weighted by molar-refractivity contribution is 6.31. The Morgan fingerprint density at radius 1 is 1.19 bits per heavy atom. The van der Waals surface area contributed by atoms with E-state index in [1.807, 2.05) is 39.0 Å². The Bertz CT molecular complexity index is 427. The minimum absolute atomic E-state index is 0.140. The number of hydrogen-bond acceptors (Lipinski definition) is 3. The molecule has 0 saturated carbocycles. The standard InChI is InChI=1S/C17H28ClNO2/c1-13(2)11-19-12-14-15(18)7-6-8-16(14)20-9-10-21-17(3,4)5/h6-8,13,19H,9-12H2,1-5H3. The Labute approximate surface area is 134 Å². The lowest BCUT2D eigenvalue weighted by Crippen LogP contribution is -2.23. The van der Waals surface area contributed by atoms with Crippen LogP contribution in [0.1, 0.15) is 40.2 Å². The summed E-state index contributed by atoms with van der Waals surface area (Å²) in [6.45, 7) is 13.2. The Morgan fingerprint density at radius 3 is 2.52 bits per heavy atom. The molecule has 0 fully saturated rings. The zero-order valence-corrected chi connectivity index (χ0v) is 14.6. The molecule has 0 heterocycles. The van der Waals surface area contributed by atoms with E-state index in [2.05, 4.69) is 19.2 Å². The molecular weight excluding hydrogens is 286 g/mol. The summed E-state index contributed by atoms with van der Waals surface area (Å²) in [5.74, 6) is 1.44. The maximum absolute atomic E-state index is 6.28. The molecule has 0 aliphatic rings. The normalized spacial score (nSPS) is 12.0. The van der Waals surface area contributed by atoms with Gasteiger partial charge in [-0.1, -0.05) is 31.5 Å². The summed E-state index contributed by atoms with van der Waals surface area (Å²) in [6, 6.07) is 5.76. The molecule has 0 aromatic heterocycles. The van der Waals surface area contributed by atoms with E-state index in [9.17, 15) is 0 Å². The lowest BCUT2D eigenvalue weighted by Gasteiger charge is -2.20. The third-order valence-electron chi connectivity index (χ3n) is 2.81. The monoisotopic (exact) mass is 313 g/mol. The van der Waals surface area contributed by atoms with E-state index in [1.54, 1.807) is 0 Å². The van der Waals surface area contributed by atoms with Crippen LogP contribution in [-0.4, -0.2) is 25.4 Å². The van der Waals surface area contributed by atoms with E-state index in [4.69, 9.17) is 21.1 Å². The summed E-state index contributed by atoms with van der Waals surface area (Å²) >= 11 is 6.28. The van der Waals surface area contributed by atoms with Crippen molar-refractivity contribution in [2.45, 2.75) is 46.8 Å². The molecular formula is C17H28ClNO2. The number of hydrogen-bond donors (Lipinski definition) is 1. The molecule has 1 N–H and O–H groups in total. The summed E-state index contributed by atoms with van der Waals surface area (Å²) < 4.78 is 11.5. The minimum Gasteiger partial charge on any atom is -0.491 e. The fourth-order valence-electron chi connectivity index (χ4n) is 1.83. The van der Waals surface area contributed by atoms with E-state index in [0.29, 0.717) is 25.7 Å². The molecule has 0 spiro atoms.